The van der Waals surface area contributed by atoms with E-state index in [9.17, 15) is 30.0 Å². The van der Waals surface area contributed by atoms with Gasteiger partial charge in [-0.3, -0.25) is 14.6 Å². The standard InChI is InChI=1S/C39H51ClN4O8S/c1-25(46)42-16-6-19-44(38(51)37(50)36(49)35(48)33(47)24-45)18-4-5-20-53-28-11-12-32(40)26(21-28)22-43-39(14-15-39)31-23-41-17-13-29(31)30-7-2-3-8-34(30)52-27-9-10-27/h2-3,7-8,11-13,17,21,23,27,33,35-37,43,45,47-50H,4-6,9-10,14-16,18-20,22,24H2,1H3,(H,42,46). The van der Waals surface area contributed by atoms with Gasteiger partial charge in [0.25, 0.3) is 5.91 Å². The van der Waals surface area contributed by atoms with Gasteiger partial charge in [0.05, 0.1) is 12.7 Å². The van der Waals surface area contributed by atoms with E-state index in [4.69, 9.17) is 21.4 Å². The predicted molar refractivity (Wildman–Crippen MR) is 203 cm³/mol. The molecule has 0 aliphatic heterocycles. The van der Waals surface area contributed by atoms with Crippen LogP contribution in [0, 0.1) is 0 Å². The van der Waals surface area contributed by atoms with Crippen molar-refractivity contribution < 1.29 is 39.9 Å². The molecule has 4 atom stereocenters. The number of ether oxygens (including phenoxy) is 1. The zero-order chi connectivity index (χ0) is 38.0. The van der Waals surface area contributed by atoms with Crippen molar-refractivity contribution in [3.05, 3.63) is 77.1 Å². The molecule has 1 aromatic heterocycles. The van der Waals surface area contributed by atoms with E-state index in [0.717, 1.165) is 70.8 Å². The molecule has 0 radical (unpaired) electrons. The van der Waals surface area contributed by atoms with Crippen molar-refractivity contribution in [3.63, 3.8) is 0 Å². The fourth-order valence-electron chi connectivity index (χ4n) is 6.19. The second kappa shape index (κ2) is 19.4. The molecule has 2 aliphatic rings. The summed E-state index contributed by atoms with van der Waals surface area (Å²) in [6.07, 6.45) is 2.36. The lowest BCUT2D eigenvalue weighted by molar-refractivity contribution is -0.158. The number of aliphatic hydroxyl groups is 5. The fourth-order valence-corrected chi connectivity index (χ4v) is 7.35. The van der Waals surface area contributed by atoms with Crippen LogP contribution >= 0.6 is 23.4 Å². The highest BCUT2D eigenvalue weighted by atomic mass is 35.5. The van der Waals surface area contributed by atoms with Gasteiger partial charge in [0.15, 0.2) is 6.10 Å². The molecule has 0 saturated heterocycles. The molecule has 2 amide bonds. The number of hydrogen-bond donors (Lipinski definition) is 7. The number of aromatic nitrogens is 1. The number of nitrogens with zero attached hydrogens (tertiary/aromatic N) is 2. The minimum absolute atomic E-state index is 0.199. The molecule has 3 aromatic rings. The average molecular weight is 771 g/mol. The first kappa shape index (κ1) is 40.9. The molecule has 2 saturated carbocycles. The van der Waals surface area contributed by atoms with Crippen LogP contribution < -0.4 is 15.4 Å². The minimum Gasteiger partial charge on any atom is -0.490 e. The molecule has 0 bridgehead atoms. The normalized spacial score (nSPS) is 17.0. The van der Waals surface area contributed by atoms with Crippen LogP contribution in [-0.4, -0.2) is 110 Å². The maximum Gasteiger partial charge on any atom is 0.254 e. The summed E-state index contributed by atoms with van der Waals surface area (Å²) in [5, 5.41) is 56.7. The number of benzene rings is 2. The Morgan fingerprint density at radius 3 is 2.49 bits per heavy atom. The second-order valence-corrected chi connectivity index (χ2v) is 15.4. The molecule has 53 heavy (non-hydrogen) atoms. The van der Waals surface area contributed by atoms with E-state index < -0.39 is 36.9 Å². The van der Waals surface area contributed by atoms with Gasteiger partial charge in [-0.1, -0.05) is 29.8 Å². The Hall–Kier alpha value is -3.27. The van der Waals surface area contributed by atoms with Crippen LogP contribution in [0.15, 0.2) is 65.8 Å². The molecule has 2 aliphatic carbocycles. The van der Waals surface area contributed by atoms with Gasteiger partial charge in [-0.15, -0.1) is 11.8 Å². The highest BCUT2D eigenvalue weighted by molar-refractivity contribution is 7.99. The number of nitrogens with one attached hydrogen (secondary N) is 2. The molecular formula is C39H51ClN4O8S. The number of aliphatic hydroxyl groups excluding tert-OH is 5. The van der Waals surface area contributed by atoms with Gasteiger partial charge in [0.1, 0.15) is 24.1 Å². The van der Waals surface area contributed by atoms with Gasteiger partial charge in [-0.25, -0.2) is 0 Å². The summed E-state index contributed by atoms with van der Waals surface area (Å²) in [7, 11) is 0. The number of pyridine rings is 1. The molecule has 14 heteroatoms. The third kappa shape index (κ3) is 11.4. The van der Waals surface area contributed by atoms with Crippen molar-refractivity contribution >= 4 is 35.2 Å². The maximum atomic E-state index is 13.1. The Labute approximate surface area is 319 Å². The lowest BCUT2D eigenvalue weighted by atomic mass is 9.94. The summed E-state index contributed by atoms with van der Waals surface area (Å²) in [5.74, 6) is 0.636. The van der Waals surface area contributed by atoms with Crippen molar-refractivity contribution in [2.24, 2.45) is 0 Å². The molecule has 12 nitrogen and oxygen atoms in total. The number of amides is 2. The molecule has 1 heterocycles. The van der Waals surface area contributed by atoms with Crippen molar-refractivity contribution in [3.8, 4) is 16.9 Å². The van der Waals surface area contributed by atoms with Crippen LogP contribution in [0.25, 0.3) is 11.1 Å². The van der Waals surface area contributed by atoms with E-state index in [-0.39, 0.29) is 24.5 Å². The van der Waals surface area contributed by atoms with Crippen molar-refractivity contribution in [1.29, 1.82) is 0 Å². The van der Waals surface area contributed by atoms with Gasteiger partial charge in [0, 0.05) is 66.5 Å². The number of hydrogen-bond acceptors (Lipinski definition) is 11. The monoisotopic (exact) mass is 770 g/mol. The van der Waals surface area contributed by atoms with Crippen LogP contribution in [0.5, 0.6) is 5.75 Å². The number of carbonyl (C=O) groups is 2. The van der Waals surface area contributed by atoms with Crippen molar-refractivity contribution in [1.82, 2.24) is 20.5 Å². The maximum absolute atomic E-state index is 13.1. The van der Waals surface area contributed by atoms with Crippen molar-refractivity contribution in [2.45, 2.75) is 99.4 Å². The van der Waals surface area contributed by atoms with E-state index in [1.807, 2.05) is 42.7 Å². The summed E-state index contributed by atoms with van der Waals surface area (Å²) < 4.78 is 6.26. The Bertz CT molecular complexity index is 1680. The number of para-hydroxylation sites is 1. The number of rotatable bonds is 22. The summed E-state index contributed by atoms with van der Waals surface area (Å²) in [4.78, 5) is 31.3. The summed E-state index contributed by atoms with van der Waals surface area (Å²) in [5.41, 5.74) is 4.12. The molecule has 5 rings (SSSR count). The molecule has 2 aromatic carbocycles. The highest BCUT2D eigenvalue weighted by Crippen LogP contribution is 2.50. The van der Waals surface area contributed by atoms with Gasteiger partial charge >= 0.3 is 0 Å². The van der Waals surface area contributed by atoms with Gasteiger partial charge in [0.2, 0.25) is 5.91 Å². The second-order valence-electron chi connectivity index (χ2n) is 13.8. The Kier molecular flexibility index (Phi) is 14.9. The summed E-state index contributed by atoms with van der Waals surface area (Å²) in [6.45, 7) is 1.92. The zero-order valence-corrected chi connectivity index (χ0v) is 31.6. The predicted octanol–water partition coefficient (Wildman–Crippen LogP) is 3.39. The van der Waals surface area contributed by atoms with Crippen LogP contribution in [0.4, 0.5) is 0 Å². The van der Waals surface area contributed by atoms with Crippen LogP contribution in [0.2, 0.25) is 5.02 Å². The fraction of sp³-hybridized carbons (Fsp3) is 0.513. The molecule has 2 fully saturated rings. The van der Waals surface area contributed by atoms with Crippen LogP contribution in [0.3, 0.4) is 0 Å². The number of thioether (sulfide) groups is 1. The lowest BCUT2D eigenvalue weighted by Gasteiger charge is -2.30. The zero-order valence-electron chi connectivity index (χ0n) is 30.0. The molecule has 288 valence electrons. The first-order chi connectivity index (χ1) is 25.5. The first-order valence-electron chi connectivity index (χ1n) is 18.3. The summed E-state index contributed by atoms with van der Waals surface area (Å²) >= 11 is 8.36. The largest absolute Gasteiger partial charge is 0.490 e. The third-order valence-corrected chi connectivity index (χ3v) is 11.1. The van der Waals surface area contributed by atoms with Gasteiger partial charge in [-0.05, 0) is 97.7 Å². The Morgan fingerprint density at radius 1 is 1.02 bits per heavy atom. The molecule has 0 spiro atoms. The van der Waals surface area contributed by atoms with Gasteiger partial charge < -0.3 is 45.8 Å². The minimum atomic E-state index is -2.00. The Balaban J connectivity index is 1.15. The number of unbranched alkanes of at least 4 members (excludes halogenated alkanes) is 1. The van der Waals surface area contributed by atoms with Crippen LogP contribution in [0.1, 0.15) is 63.0 Å². The van der Waals surface area contributed by atoms with Gasteiger partial charge in [-0.2, -0.15) is 0 Å². The van der Waals surface area contributed by atoms with Crippen molar-refractivity contribution in [2.75, 3.05) is 32.0 Å². The average Bonchev–Trinajstić information content (AvgIpc) is 4.12. The van der Waals surface area contributed by atoms with E-state index >= 15 is 0 Å². The van der Waals surface area contributed by atoms with E-state index in [1.165, 1.54) is 11.8 Å². The highest BCUT2D eigenvalue weighted by Gasteiger charge is 2.46. The van der Waals surface area contributed by atoms with E-state index in [1.54, 1.807) is 11.8 Å². The number of halogens is 1. The smallest absolute Gasteiger partial charge is 0.254 e. The molecular weight excluding hydrogens is 720 g/mol. The quantitative estimate of drug-likeness (QED) is 0.0587. The van der Waals surface area contributed by atoms with E-state index in [2.05, 4.69) is 33.8 Å². The summed E-state index contributed by atoms with van der Waals surface area (Å²) in [6, 6.07) is 16.3. The molecule has 4 unspecified atom stereocenters. The SMILES string of the molecule is CC(=O)NCCCN(CCCCSc1ccc(Cl)c(CNC2(c3cnccc3-c3ccccc3OC3CC3)CC2)c1)C(=O)C(O)C(O)C(O)C(O)CO. The topological polar surface area (TPSA) is 185 Å². The van der Waals surface area contributed by atoms with Crippen LogP contribution in [-0.2, 0) is 21.7 Å². The first-order valence-corrected chi connectivity index (χ1v) is 19.6. The number of carbonyl (C=O) groups excluding carboxylic acids is 2. The third-order valence-electron chi connectivity index (χ3n) is 9.61. The Morgan fingerprint density at radius 2 is 1.77 bits per heavy atom. The molecule has 7 N–H and O–H groups in total. The van der Waals surface area contributed by atoms with E-state index in [0.29, 0.717) is 37.1 Å². The lowest BCUT2D eigenvalue weighted by Crippen LogP contribution is -2.53.